The SMILES string of the molecule is C[C@H](O)[C@H](NC(=O)[C@H](Cc1ccccc1)NC(=O)CCCN=C(N)N)C(=O)N[C@@H](Cc1ccccc1)C(=O)O. The molecule has 0 aromatic heterocycles. The summed E-state index contributed by atoms with van der Waals surface area (Å²) in [4.78, 5) is 54.4. The van der Waals surface area contributed by atoms with Crippen LogP contribution in [0.4, 0.5) is 0 Å². The molecule has 0 unspecified atom stereocenters. The van der Waals surface area contributed by atoms with Crippen LogP contribution in [0, 0.1) is 0 Å². The van der Waals surface area contributed by atoms with Crippen LogP contribution in [-0.2, 0) is 32.0 Å². The van der Waals surface area contributed by atoms with E-state index in [9.17, 15) is 29.4 Å². The van der Waals surface area contributed by atoms with Crippen molar-refractivity contribution in [3.8, 4) is 0 Å². The fraction of sp³-hybridized carbons (Fsp3) is 0.370. The van der Waals surface area contributed by atoms with Gasteiger partial charge in [-0.25, -0.2) is 4.79 Å². The summed E-state index contributed by atoms with van der Waals surface area (Å²) >= 11 is 0. The Balaban J connectivity index is 2.13. The molecule has 9 N–H and O–H groups in total. The lowest BCUT2D eigenvalue weighted by Gasteiger charge is -2.26. The standard InChI is InChI=1S/C27H36N6O6/c1-17(34)23(25(37)32-21(26(38)39)16-19-11-6-3-7-12-19)33-24(36)20(15-18-9-4-2-5-10-18)31-22(35)13-8-14-30-27(28)29/h2-7,9-12,17,20-21,23,34H,8,13-16H2,1H3,(H,31,35)(H,32,37)(H,33,36)(H,38,39)(H4,28,29,30)/t17-,20-,21-,23-/m0/s1. The van der Waals surface area contributed by atoms with E-state index in [1.807, 2.05) is 6.07 Å². The van der Waals surface area contributed by atoms with Crippen molar-refractivity contribution in [3.05, 3.63) is 71.8 Å². The molecule has 0 aliphatic rings. The van der Waals surface area contributed by atoms with E-state index < -0.39 is 47.9 Å². The first kappa shape index (κ1) is 30.8. The summed E-state index contributed by atoms with van der Waals surface area (Å²) in [5, 5.41) is 27.4. The van der Waals surface area contributed by atoms with Gasteiger partial charge in [-0.2, -0.15) is 0 Å². The first-order valence-electron chi connectivity index (χ1n) is 12.5. The van der Waals surface area contributed by atoms with Crippen molar-refractivity contribution >= 4 is 29.7 Å². The van der Waals surface area contributed by atoms with Crippen molar-refractivity contribution in [2.24, 2.45) is 16.5 Å². The van der Waals surface area contributed by atoms with Gasteiger partial charge in [-0.3, -0.25) is 19.4 Å². The Kier molecular flexibility index (Phi) is 12.4. The molecule has 210 valence electrons. The lowest BCUT2D eigenvalue weighted by molar-refractivity contribution is -0.143. The molecule has 2 aromatic carbocycles. The number of aliphatic hydroxyl groups is 1. The highest BCUT2D eigenvalue weighted by atomic mass is 16.4. The second-order valence-electron chi connectivity index (χ2n) is 9.04. The van der Waals surface area contributed by atoms with Crippen molar-refractivity contribution in [2.45, 2.75) is 56.8 Å². The zero-order valence-corrected chi connectivity index (χ0v) is 21.7. The van der Waals surface area contributed by atoms with Crippen molar-refractivity contribution in [3.63, 3.8) is 0 Å². The van der Waals surface area contributed by atoms with Crippen molar-refractivity contribution < 1.29 is 29.4 Å². The summed E-state index contributed by atoms with van der Waals surface area (Å²) in [6, 6.07) is 13.8. The van der Waals surface area contributed by atoms with Gasteiger partial charge in [-0.15, -0.1) is 0 Å². The number of aliphatic carboxylic acids is 1. The van der Waals surface area contributed by atoms with Crippen LogP contribution >= 0.6 is 0 Å². The number of guanidine groups is 1. The number of carbonyl (C=O) groups excluding carboxylic acids is 3. The van der Waals surface area contributed by atoms with Gasteiger partial charge in [0.2, 0.25) is 17.7 Å². The summed E-state index contributed by atoms with van der Waals surface area (Å²) in [6.07, 6.45) is -0.829. The lowest BCUT2D eigenvalue weighted by Crippen LogP contribution is -2.59. The molecule has 0 aliphatic carbocycles. The predicted octanol–water partition coefficient (Wildman–Crippen LogP) is -0.555. The highest BCUT2D eigenvalue weighted by Gasteiger charge is 2.32. The van der Waals surface area contributed by atoms with E-state index in [2.05, 4.69) is 20.9 Å². The van der Waals surface area contributed by atoms with Gasteiger partial charge < -0.3 is 37.6 Å². The van der Waals surface area contributed by atoms with E-state index in [4.69, 9.17) is 11.5 Å². The number of benzene rings is 2. The molecule has 4 atom stereocenters. The van der Waals surface area contributed by atoms with Crippen LogP contribution in [0.5, 0.6) is 0 Å². The van der Waals surface area contributed by atoms with Crippen LogP contribution in [0.3, 0.4) is 0 Å². The second kappa shape index (κ2) is 15.7. The average molecular weight is 541 g/mol. The number of amides is 3. The zero-order valence-electron chi connectivity index (χ0n) is 21.7. The molecule has 0 spiro atoms. The van der Waals surface area contributed by atoms with E-state index in [1.54, 1.807) is 54.6 Å². The van der Waals surface area contributed by atoms with Crippen molar-refractivity contribution in [1.82, 2.24) is 16.0 Å². The Labute approximate surface area is 226 Å². The minimum atomic E-state index is -1.47. The van der Waals surface area contributed by atoms with E-state index in [0.717, 1.165) is 5.56 Å². The summed E-state index contributed by atoms with van der Waals surface area (Å²) < 4.78 is 0. The van der Waals surface area contributed by atoms with E-state index in [-0.39, 0.29) is 31.8 Å². The van der Waals surface area contributed by atoms with Crippen molar-refractivity contribution in [2.75, 3.05) is 6.54 Å². The minimum Gasteiger partial charge on any atom is -0.480 e. The Morgan fingerprint density at radius 1 is 0.821 bits per heavy atom. The first-order valence-corrected chi connectivity index (χ1v) is 12.5. The molecule has 3 amide bonds. The van der Waals surface area contributed by atoms with Crippen LogP contribution in [0.15, 0.2) is 65.7 Å². The maximum atomic E-state index is 13.2. The number of carboxylic acids is 1. The summed E-state index contributed by atoms with van der Waals surface area (Å²) in [5.74, 6) is -3.37. The molecule has 12 heteroatoms. The van der Waals surface area contributed by atoms with Crippen LogP contribution < -0.4 is 27.4 Å². The Morgan fingerprint density at radius 3 is 1.85 bits per heavy atom. The first-order chi connectivity index (χ1) is 18.6. The normalized spacial score (nSPS) is 13.7. The molecule has 0 fully saturated rings. The monoisotopic (exact) mass is 540 g/mol. The van der Waals surface area contributed by atoms with Gasteiger partial charge in [0.05, 0.1) is 6.10 Å². The molecular formula is C27H36N6O6. The maximum Gasteiger partial charge on any atom is 0.326 e. The van der Waals surface area contributed by atoms with Gasteiger partial charge in [0.15, 0.2) is 5.96 Å². The highest BCUT2D eigenvalue weighted by Crippen LogP contribution is 2.07. The third-order valence-corrected chi connectivity index (χ3v) is 5.75. The molecular weight excluding hydrogens is 504 g/mol. The van der Waals surface area contributed by atoms with Crippen LogP contribution in [0.1, 0.15) is 30.9 Å². The summed E-state index contributed by atoms with van der Waals surface area (Å²) in [5.41, 5.74) is 12.0. The lowest BCUT2D eigenvalue weighted by atomic mass is 10.0. The van der Waals surface area contributed by atoms with E-state index in [1.165, 1.54) is 6.92 Å². The number of hydrogen-bond acceptors (Lipinski definition) is 6. The molecule has 0 saturated heterocycles. The molecule has 0 heterocycles. The summed E-state index contributed by atoms with van der Waals surface area (Å²) in [7, 11) is 0. The minimum absolute atomic E-state index is 0.00886. The van der Waals surface area contributed by atoms with Crippen molar-refractivity contribution in [1.29, 1.82) is 0 Å². The quantitative estimate of drug-likeness (QED) is 0.0883. The average Bonchev–Trinajstić information content (AvgIpc) is 2.89. The van der Waals surface area contributed by atoms with E-state index in [0.29, 0.717) is 12.0 Å². The number of nitrogens with one attached hydrogen (secondary N) is 3. The number of aliphatic hydroxyl groups excluding tert-OH is 1. The fourth-order valence-corrected chi connectivity index (χ4v) is 3.74. The van der Waals surface area contributed by atoms with Crippen LogP contribution in [0.2, 0.25) is 0 Å². The van der Waals surface area contributed by atoms with Gasteiger partial charge in [0.25, 0.3) is 0 Å². The Bertz CT molecular complexity index is 1120. The third kappa shape index (κ3) is 11.2. The van der Waals surface area contributed by atoms with Gasteiger partial charge in [0.1, 0.15) is 18.1 Å². The summed E-state index contributed by atoms with van der Waals surface area (Å²) in [6.45, 7) is 1.54. The van der Waals surface area contributed by atoms with E-state index >= 15 is 0 Å². The number of nitrogens with two attached hydrogens (primary N) is 2. The molecule has 0 bridgehead atoms. The molecule has 12 nitrogen and oxygen atoms in total. The van der Waals surface area contributed by atoms with Gasteiger partial charge >= 0.3 is 5.97 Å². The Hall–Kier alpha value is -4.45. The molecule has 0 radical (unpaired) electrons. The second-order valence-corrected chi connectivity index (χ2v) is 9.04. The van der Waals surface area contributed by atoms with Crippen LogP contribution in [-0.4, -0.2) is 70.6 Å². The molecule has 0 aliphatic heterocycles. The number of nitrogens with zero attached hydrogens (tertiary/aromatic N) is 1. The third-order valence-electron chi connectivity index (χ3n) is 5.75. The van der Waals surface area contributed by atoms with Gasteiger partial charge in [-0.05, 0) is 24.5 Å². The number of hydrogen-bond donors (Lipinski definition) is 7. The predicted molar refractivity (Wildman–Crippen MR) is 145 cm³/mol. The molecule has 39 heavy (non-hydrogen) atoms. The molecule has 2 rings (SSSR count). The number of carbonyl (C=O) groups is 4. The van der Waals surface area contributed by atoms with Crippen LogP contribution in [0.25, 0.3) is 0 Å². The molecule has 2 aromatic rings. The smallest absolute Gasteiger partial charge is 0.326 e. The van der Waals surface area contributed by atoms with Gasteiger partial charge in [-0.1, -0.05) is 60.7 Å². The Morgan fingerprint density at radius 2 is 1.36 bits per heavy atom. The molecule has 0 saturated carbocycles. The topological polar surface area (TPSA) is 209 Å². The maximum absolute atomic E-state index is 13.2. The number of carboxylic acid groups (broad SMARTS) is 1. The van der Waals surface area contributed by atoms with Gasteiger partial charge in [0, 0.05) is 25.8 Å². The number of aliphatic imine (C=N–C) groups is 1. The largest absolute Gasteiger partial charge is 0.480 e. The number of rotatable bonds is 15. The zero-order chi connectivity index (χ0) is 28.8. The highest BCUT2D eigenvalue weighted by molar-refractivity contribution is 5.94. The fourth-order valence-electron chi connectivity index (χ4n) is 3.74.